The fourth-order valence-electron chi connectivity index (χ4n) is 3.14. The van der Waals surface area contributed by atoms with Crippen molar-refractivity contribution in [2.45, 2.75) is 6.54 Å². The van der Waals surface area contributed by atoms with Crippen molar-refractivity contribution in [1.29, 1.82) is 0 Å². The number of nitro benzene ring substituents is 1. The van der Waals surface area contributed by atoms with Crippen LogP contribution in [0.3, 0.4) is 0 Å². The van der Waals surface area contributed by atoms with Crippen LogP contribution in [0.15, 0.2) is 18.2 Å². The molecule has 1 aromatic rings. The van der Waals surface area contributed by atoms with Crippen LogP contribution < -0.4 is 5.32 Å². The van der Waals surface area contributed by atoms with E-state index in [1.54, 1.807) is 12.1 Å². The molecule has 2 saturated heterocycles. The highest BCUT2D eigenvalue weighted by Crippen LogP contribution is 2.29. The standard InChI is InChI=1S/C13H16ClN3O2/c14-12-2-1-9(3-13(12)17(18)19)6-16-7-10-4-15-5-11(10)8-16/h1-3,10-11,15H,4-8H2/t10-,11+. The van der Waals surface area contributed by atoms with E-state index < -0.39 is 4.92 Å². The average molecular weight is 282 g/mol. The van der Waals surface area contributed by atoms with Gasteiger partial charge in [0, 0.05) is 25.7 Å². The molecule has 6 heteroatoms. The molecule has 0 bridgehead atoms. The highest BCUT2D eigenvalue weighted by atomic mass is 35.5. The van der Waals surface area contributed by atoms with Crippen molar-refractivity contribution in [2.75, 3.05) is 26.2 Å². The molecule has 2 aliphatic rings. The summed E-state index contributed by atoms with van der Waals surface area (Å²) < 4.78 is 0. The molecule has 19 heavy (non-hydrogen) atoms. The summed E-state index contributed by atoms with van der Waals surface area (Å²) in [6.45, 7) is 5.12. The molecule has 0 aliphatic carbocycles. The van der Waals surface area contributed by atoms with Gasteiger partial charge in [0.05, 0.1) is 4.92 Å². The van der Waals surface area contributed by atoms with Crippen LogP contribution in [-0.4, -0.2) is 36.0 Å². The van der Waals surface area contributed by atoms with Crippen LogP contribution in [0.1, 0.15) is 5.56 Å². The lowest BCUT2D eigenvalue weighted by molar-refractivity contribution is -0.384. The zero-order chi connectivity index (χ0) is 13.4. The molecule has 1 aromatic carbocycles. The molecule has 102 valence electrons. The molecule has 0 spiro atoms. The van der Waals surface area contributed by atoms with E-state index in [2.05, 4.69) is 10.2 Å². The summed E-state index contributed by atoms with van der Waals surface area (Å²) >= 11 is 5.82. The number of hydrogen-bond donors (Lipinski definition) is 1. The molecule has 0 aromatic heterocycles. The molecule has 2 heterocycles. The Balaban J connectivity index is 1.70. The fourth-order valence-corrected chi connectivity index (χ4v) is 3.32. The van der Waals surface area contributed by atoms with Gasteiger partial charge in [0.25, 0.3) is 5.69 Å². The average Bonchev–Trinajstić information content (AvgIpc) is 2.91. The lowest BCUT2D eigenvalue weighted by Crippen LogP contribution is -2.25. The lowest BCUT2D eigenvalue weighted by atomic mass is 10.0. The number of hydrogen-bond acceptors (Lipinski definition) is 4. The quantitative estimate of drug-likeness (QED) is 0.679. The molecular formula is C13H16ClN3O2. The molecule has 1 N–H and O–H groups in total. The molecule has 0 unspecified atom stereocenters. The smallest absolute Gasteiger partial charge is 0.288 e. The third kappa shape index (κ3) is 2.59. The number of fused-ring (bicyclic) bond motifs is 1. The molecular weight excluding hydrogens is 266 g/mol. The summed E-state index contributed by atoms with van der Waals surface area (Å²) in [5, 5.41) is 14.5. The summed E-state index contributed by atoms with van der Waals surface area (Å²) in [4.78, 5) is 12.8. The number of likely N-dealkylation sites (tertiary alicyclic amines) is 1. The van der Waals surface area contributed by atoms with Crippen molar-refractivity contribution < 1.29 is 4.92 Å². The van der Waals surface area contributed by atoms with Gasteiger partial charge in [-0.05, 0) is 36.6 Å². The predicted molar refractivity (Wildman–Crippen MR) is 73.2 cm³/mol. The Morgan fingerprint density at radius 1 is 1.37 bits per heavy atom. The summed E-state index contributed by atoms with van der Waals surface area (Å²) in [7, 11) is 0. The van der Waals surface area contributed by atoms with Crippen LogP contribution in [0.25, 0.3) is 0 Å². The maximum Gasteiger partial charge on any atom is 0.288 e. The van der Waals surface area contributed by atoms with Crippen LogP contribution in [0.4, 0.5) is 5.69 Å². The van der Waals surface area contributed by atoms with Gasteiger partial charge >= 0.3 is 0 Å². The van der Waals surface area contributed by atoms with E-state index in [0.29, 0.717) is 0 Å². The van der Waals surface area contributed by atoms with Gasteiger partial charge in [-0.2, -0.15) is 0 Å². The first-order chi connectivity index (χ1) is 9.13. The van der Waals surface area contributed by atoms with Crippen LogP contribution in [0.5, 0.6) is 0 Å². The summed E-state index contributed by atoms with van der Waals surface area (Å²) in [5.74, 6) is 1.48. The van der Waals surface area contributed by atoms with Gasteiger partial charge in [0.2, 0.25) is 0 Å². The Morgan fingerprint density at radius 2 is 2.05 bits per heavy atom. The maximum atomic E-state index is 10.9. The Labute approximate surface area is 116 Å². The first-order valence-corrected chi connectivity index (χ1v) is 6.87. The van der Waals surface area contributed by atoms with E-state index in [4.69, 9.17) is 11.6 Å². The third-order valence-electron chi connectivity index (χ3n) is 4.08. The predicted octanol–water partition coefficient (Wildman–Crippen LogP) is 1.90. The van der Waals surface area contributed by atoms with Crippen LogP contribution in [0, 0.1) is 22.0 Å². The third-order valence-corrected chi connectivity index (χ3v) is 4.40. The normalized spacial score (nSPS) is 26.6. The first kappa shape index (κ1) is 12.8. The molecule has 0 saturated carbocycles. The van der Waals surface area contributed by atoms with Gasteiger partial charge in [-0.3, -0.25) is 15.0 Å². The summed E-state index contributed by atoms with van der Waals surface area (Å²) in [5.41, 5.74) is 0.962. The summed E-state index contributed by atoms with van der Waals surface area (Å²) in [6.07, 6.45) is 0. The second-order valence-electron chi connectivity index (χ2n) is 5.42. The van der Waals surface area contributed by atoms with Gasteiger partial charge < -0.3 is 5.32 Å². The fraction of sp³-hybridized carbons (Fsp3) is 0.538. The zero-order valence-electron chi connectivity index (χ0n) is 10.5. The minimum Gasteiger partial charge on any atom is -0.316 e. The number of nitro groups is 1. The SMILES string of the molecule is O=[N+]([O-])c1cc(CN2C[C@H]3CNC[C@H]3C2)ccc1Cl. The number of benzene rings is 1. The van der Waals surface area contributed by atoms with Gasteiger partial charge in [0.1, 0.15) is 5.02 Å². The molecule has 5 nitrogen and oxygen atoms in total. The first-order valence-electron chi connectivity index (χ1n) is 6.49. The van der Waals surface area contributed by atoms with Crippen molar-refractivity contribution in [3.8, 4) is 0 Å². The molecule has 2 fully saturated rings. The minimum absolute atomic E-state index is 0.000208. The lowest BCUT2D eigenvalue weighted by Gasteiger charge is -2.16. The highest BCUT2D eigenvalue weighted by molar-refractivity contribution is 6.32. The number of halogens is 1. The second-order valence-corrected chi connectivity index (χ2v) is 5.82. The van der Waals surface area contributed by atoms with E-state index in [0.717, 1.165) is 50.1 Å². The van der Waals surface area contributed by atoms with Crippen molar-refractivity contribution in [1.82, 2.24) is 10.2 Å². The largest absolute Gasteiger partial charge is 0.316 e. The molecule has 2 atom stereocenters. The van der Waals surface area contributed by atoms with Crippen molar-refractivity contribution in [3.05, 3.63) is 38.9 Å². The van der Waals surface area contributed by atoms with Crippen LogP contribution >= 0.6 is 11.6 Å². The maximum absolute atomic E-state index is 10.9. The Bertz CT molecular complexity index is 497. The van der Waals surface area contributed by atoms with Crippen molar-refractivity contribution in [3.63, 3.8) is 0 Å². The van der Waals surface area contributed by atoms with Gasteiger partial charge in [-0.1, -0.05) is 17.7 Å². The topological polar surface area (TPSA) is 58.4 Å². The summed E-state index contributed by atoms with van der Waals surface area (Å²) in [6, 6.07) is 5.09. The Hall–Kier alpha value is -1.17. The monoisotopic (exact) mass is 281 g/mol. The molecule has 0 radical (unpaired) electrons. The molecule has 3 rings (SSSR count). The van der Waals surface area contributed by atoms with Gasteiger partial charge in [-0.15, -0.1) is 0 Å². The Kier molecular flexibility index (Phi) is 3.43. The number of nitrogens with zero attached hydrogens (tertiary/aromatic N) is 2. The van der Waals surface area contributed by atoms with E-state index >= 15 is 0 Å². The van der Waals surface area contributed by atoms with E-state index in [-0.39, 0.29) is 10.7 Å². The molecule has 2 aliphatic heterocycles. The number of nitrogens with one attached hydrogen (secondary N) is 1. The molecule has 0 amide bonds. The second kappa shape index (κ2) is 5.07. The van der Waals surface area contributed by atoms with Crippen LogP contribution in [0.2, 0.25) is 5.02 Å². The van der Waals surface area contributed by atoms with E-state index in [1.807, 2.05) is 6.07 Å². The van der Waals surface area contributed by atoms with Crippen LogP contribution in [-0.2, 0) is 6.54 Å². The Morgan fingerprint density at radius 3 is 2.68 bits per heavy atom. The van der Waals surface area contributed by atoms with Crippen molar-refractivity contribution >= 4 is 17.3 Å². The van der Waals surface area contributed by atoms with Gasteiger partial charge in [0.15, 0.2) is 0 Å². The van der Waals surface area contributed by atoms with Crippen molar-refractivity contribution in [2.24, 2.45) is 11.8 Å². The highest BCUT2D eigenvalue weighted by Gasteiger charge is 2.35. The van der Waals surface area contributed by atoms with E-state index in [1.165, 1.54) is 0 Å². The van der Waals surface area contributed by atoms with Gasteiger partial charge in [-0.25, -0.2) is 0 Å². The van der Waals surface area contributed by atoms with E-state index in [9.17, 15) is 10.1 Å². The number of rotatable bonds is 3. The minimum atomic E-state index is -0.422. The zero-order valence-corrected chi connectivity index (χ0v) is 11.3.